The standard InChI is InChI=1S/C11H12ClN/c1-3-9(7-13)11-8(2)5-4-6-10(11)12/h4-6,9H,3H2,1-2H3. The van der Waals surface area contributed by atoms with E-state index in [2.05, 4.69) is 6.07 Å². The Bertz CT molecular complexity index is 318. The lowest BCUT2D eigenvalue weighted by atomic mass is 9.94. The van der Waals surface area contributed by atoms with Crippen LogP contribution in [0, 0.1) is 18.3 Å². The van der Waals surface area contributed by atoms with Crippen LogP contribution in [0.25, 0.3) is 0 Å². The maximum absolute atomic E-state index is 8.92. The highest BCUT2D eigenvalue weighted by molar-refractivity contribution is 6.31. The molecule has 1 aromatic carbocycles. The first-order valence-corrected chi connectivity index (χ1v) is 4.73. The Labute approximate surface area is 84.0 Å². The number of benzene rings is 1. The molecular weight excluding hydrogens is 182 g/mol. The van der Waals surface area contributed by atoms with Crippen molar-refractivity contribution in [1.29, 1.82) is 5.26 Å². The maximum atomic E-state index is 8.92. The van der Waals surface area contributed by atoms with Gasteiger partial charge in [-0.1, -0.05) is 30.7 Å². The monoisotopic (exact) mass is 193 g/mol. The predicted molar refractivity (Wildman–Crippen MR) is 54.8 cm³/mol. The Kier molecular flexibility index (Phi) is 3.33. The van der Waals surface area contributed by atoms with E-state index in [0.29, 0.717) is 5.02 Å². The van der Waals surface area contributed by atoms with Crippen LogP contribution in [0.4, 0.5) is 0 Å². The quantitative estimate of drug-likeness (QED) is 0.703. The third-order valence-corrected chi connectivity index (χ3v) is 2.51. The Balaban J connectivity index is 3.20. The van der Waals surface area contributed by atoms with Crippen LogP contribution < -0.4 is 0 Å². The summed E-state index contributed by atoms with van der Waals surface area (Å²) < 4.78 is 0. The molecule has 13 heavy (non-hydrogen) atoms. The molecule has 0 heterocycles. The summed E-state index contributed by atoms with van der Waals surface area (Å²) >= 11 is 6.03. The van der Waals surface area contributed by atoms with Crippen LogP contribution in [0.1, 0.15) is 30.4 Å². The van der Waals surface area contributed by atoms with Gasteiger partial charge in [-0.3, -0.25) is 0 Å². The number of halogens is 1. The molecule has 0 N–H and O–H groups in total. The fourth-order valence-corrected chi connectivity index (χ4v) is 1.80. The van der Waals surface area contributed by atoms with Gasteiger partial charge in [-0.25, -0.2) is 0 Å². The number of rotatable bonds is 2. The van der Waals surface area contributed by atoms with Crippen molar-refractivity contribution in [2.45, 2.75) is 26.2 Å². The SMILES string of the molecule is CCC(C#N)c1c(C)cccc1Cl. The van der Waals surface area contributed by atoms with Crippen molar-refractivity contribution in [3.05, 3.63) is 34.3 Å². The molecule has 0 fully saturated rings. The second-order valence-electron chi connectivity index (χ2n) is 3.06. The van der Waals surface area contributed by atoms with Crippen molar-refractivity contribution >= 4 is 11.6 Å². The molecule has 0 aliphatic carbocycles. The first-order chi connectivity index (χ1) is 6.20. The molecule has 0 amide bonds. The number of nitriles is 1. The summed E-state index contributed by atoms with van der Waals surface area (Å²) in [5.41, 5.74) is 2.08. The second kappa shape index (κ2) is 4.30. The van der Waals surface area contributed by atoms with Gasteiger partial charge in [0, 0.05) is 5.02 Å². The zero-order valence-corrected chi connectivity index (χ0v) is 8.60. The molecule has 1 unspecified atom stereocenters. The molecule has 1 nitrogen and oxygen atoms in total. The van der Waals surface area contributed by atoms with Crippen molar-refractivity contribution in [3.8, 4) is 6.07 Å². The Morgan fingerprint density at radius 1 is 1.54 bits per heavy atom. The van der Waals surface area contributed by atoms with Crippen LogP contribution in [-0.2, 0) is 0 Å². The van der Waals surface area contributed by atoms with Crippen molar-refractivity contribution in [2.24, 2.45) is 0 Å². The molecule has 0 bridgehead atoms. The van der Waals surface area contributed by atoms with E-state index in [1.165, 1.54) is 0 Å². The number of hydrogen-bond donors (Lipinski definition) is 0. The second-order valence-corrected chi connectivity index (χ2v) is 3.47. The molecule has 0 aromatic heterocycles. The van der Waals surface area contributed by atoms with E-state index in [4.69, 9.17) is 16.9 Å². The van der Waals surface area contributed by atoms with Crippen LogP contribution in [-0.4, -0.2) is 0 Å². The van der Waals surface area contributed by atoms with E-state index in [0.717, 1.165) is 17.5 Å². The molecule has 0 aliphatic heterocycles. The lowest BCUT2D eigenvalue weighted by Gasteiger charge is -2.11. The van der Waals surface area contributed by atoms with E-state index in [-0.39, 0.29) is 5.92 Å². The molecule has 68 valence electrons. The van der Waals surface area contributed by atoms with Gasteiger partial charge in [0.1, 0.15) is 0 Å². The average molecular weight is 194 g/mol. The molecule has 1 atom stereocenters. The summed E-state index contributed by atoms with van der Waals surface area (Å²) in [5.74, 6) is -0.0753. The third kappa shape index (κ3) is 2.02. The lowest BCUT2D eigenvalue weighted by Crippen LogP contribution is -1.97. The summed E-state index contributed by atoms with van der Waals surface area (Å²) in [5, 5.41) is 9.62. The highest BCUT2D eigenvalue weighted by Crippen LogP contribution is 2.29. The van der Waals surface area contributed by atoms with Crippen LogP contribution in [0.5, 0.6) is 0 Å². The van der Waals surface area contributed by atoms with Crippen LogP contribution >= 0.6 is 11.6 Å². The molecule has 0 saturated heterocycles. The van der Waals surface area contributed by atoms with Gasteiger partial charge in [0.25, 0.3) is 0 Å². The van der Waals surface area contributed by atoms with E-state index in [1.54, 1.807) is 0 Å². The van der Waals surface area contributed by atoms with Crippen LogP contribution in [0.2, 0.25) is 5.02 Å². The zero-order chi connectivity index (χ0) is 9.84. The van der Waals surface area contributed by atoms with E-state index >= 15 is 0 Å². The predicted octanol–water partition coefficient (Wildman–Crippen LogP) is 3.67. The maximum Gasteiger partial charge on any atom is 0.0727 e. The summed E-state index contributed by atoms with van der Waals surface area (Å²) in [7, 11) is 0. The molecular formula is C11H12ClN. The van der Waals surface area contributed by atoms with Crippen molar-refractivity contribution in [2.75, 3.05) is 0 Å². The van der Waals surface area contributed by atoms with Gasteiger partial charge >= 0.3 is 0 Å². The topological polar surface area (TPSA) is 23.8 Å². The summed E-state index contributed by atoms with van der Waals surface area (Å²) in [6.45, 7) is 3.98. The fraction of sp³-hybridized carbons (Fsp3) is 0.364. The van der Waals surface area contributed by atoms with E-state index in [9.17, 15) is 0 Å². The Morgan fingerprint density at radius 3 is 2.69 bits per heavy atom. The van der Waals surface area contributed by atoms with Gasteiger partial charge in [-0.2, -0.15) is 5.26 Å². The summed E-state index contributed by atoms with van der Waals surface area (Å²) in [6.07, 6.45) is 0.807. The first kappa shape index (κ1) is 10.1. The third-order valence-electron chi connectivity index (χ3n) is 2.18. The molecule has 2 heteroatoms. The normalized spacial score (nSPS) is 12.2. The minimum absolute atomic E-state index is 0.0753. The van der Waals surface area contributed by atoms with Gasteiger partial charge in [0.05, 0.1) is 12.0 Å². The highest BCUT2D eigenvalue weighted by atomic mass is 35.5. The van der Waals surface area contributed by atoms with E-state index in [1.807, 2.05) is 32.0 Å². The molecule has 0 radical (unpaired) electrons. The summed E-state index contributed by atoms with van der Waals surface area (Å²) in [6, 6.07) is 8.00. The summed E-state index contributed by atoms with van der Waals surface area (Å²) in [4.78, 5) is 0. The van der Waals surface area contributed by atoms with Gasteiger partial charge < -0.3 is 0 Å². The van der Waals surface area contributed by atoms with Crippen molar-refractivity contribution in [3.63, 3.8) is 0 Å². The van der Waals surface area contributed by atoms with Gasteiger partial charge in [0.2, 0.25) is 0 Å². The van der Waals surface area contributed by atoms with Gasteiger partial charge in [-0.05, 0) is 30.5 Å². The molecule has 0 spiro atoms. The number of aryl methyl sites for hydroxylation is 1. The van der Waals surface area contributed by atoms with Crippen molar-refractivity contribution in [1.82, 2.24) is 0 Å². The first-order valence-electron chi connectivity index (χ1n) is 4.35. The Hall–Kier alpha value is -1.00. The molecule has 0 saturated carbocycles. The smallest absolute Gasteiger partial charge is 0.0727 e. The Morgan fingerprint density at radius 2 is 2.23 bits per heavy atom. The van der Waals surface area contributed by atoms with Gasteiger partial charge in [-0.15, -0.1) is 0 Å². The molecule has 1 rings (SSSR count). The van der Waals surface area contributed by atoms with Crippen LogP contribution in [0.15, 0.2) is 18.2 Å². The van der Waals surface area contributed by atoms with Crippen LogP contribution in [0.3, 0.4) is 0 Å². The lowest BCUT2D eigenvalue weighted by molar-refractivity contribution is 0.812. The highest BCUT2D eigenvalue weighted by Gasteiger charge is 2.13. The number of hydrogen-bond acceptors (Lipinski definition) is 1. The molecule has 1 aromatic rings. The fourth-order valence-electron chi connectivity index (χ4n) is 1.45. The largest absolute Gasteiger partial charge is 0.198 e. The van der Waals surface area contributed by atoms with Crippen molar-refractivity contribution < 1.29 is 0 Å². The zero-order valence-electron chi connectivity index (χ0n) is 7.84. The van der Waals surface area contributed by atoms with E-state index < -0.39 is 0 Å². The molecule has 0 aliphatic rings. The average Bonchev–Trinajstić information content (AvgIpc) is 2.11. The minimum atomic E-state index is -0.0753. The van der Waals surface area contributed by atoms with Gasteiger partial charge in [0.15, 0.2) is 0 Å². The number of nitrogens with zero attached hydrogens (tertiary/aromatic N) is 1. The minimum Gasteiger partial charge on any atom is -0.198 e.